The van der Waals surface area contributed by atoms with Crippen molar-refractivity contribution in [3.63, 3.8) is 0 Å². The van der Waals surface area contributed by atoms with Crippen LogP contribution in [0.3, 0.4) is 0 Å². The maximum Gasteiger partial charge on any atom is 0.239 e. The van der Waals surface area contributed by atoms with Crippen LogP contribution in [0.5, 0.6) is 11.5 Å². The Balaban J connectivity index is 1.42. The van der Waals surface area contributed by atoms with Gasteiger partial charge in [0.1, 0.15) is 5.82 Å². The van der Waals surface area contributed by atoms with Gasteiger partial charge >= 0.3 is 0 Å². The van der Waals surface area contributed by atoms with Crippen molar-refractivity contribution in [1.82, 2.24) is 10.6 Å². The van der Waals surface area contributed by atoms with Crippen LogP contribution in [0.2, 0.25) is 0 Å². The first kappa shape index (κ1) is 16.8. The Morgan fingerprint density at radius 2 is 1.80 bits per heavy atom. The van der Waals surface area contributed by atoms with Gasteiger partial charge in [-0.1, -0.05) is 24.3 Å². The van der Waals surface area contributed by atoms with Crippen molar-refractivity contribution < 1.29 is 23.5 Å². The van der Waals surface area contributed by atoms with E-state index in [-0.39, 0.29) is 25.7 Å². The largest absolute Gasteiger partial charge is 0.454 e. The fraction of sp³-hybridized carbons (Fsp3) is 0.222. The molecule has 25 heavy (non-hydrogen) atoms. The topological polar surface area (TPSA) is 76.7 Å². The van der Waals surface area contributed by atoms with Crippen molar-refractivity contribution in [2.24, 2.45) is 0 Å². The molecule has 0 spiro atoms. The summed E-state index contributed by atoms with van der Waals surface area (Å²) in [5, 5.41) is 5.17. The van der Waals surface area contributed by atoms with Crippen molar-refractivity contribution in [2.45, 2.75) is 13.0 Å². The first-order valence-corrected chi connectivity index (χ1v) is 7.77. The summed E-state index contributed by atoms with van der Waals surface area (Å²) in [6.45, 7) is 0.329. The smallest absolute Gasteiger partial charge is 0.239 e. The van der Waals surface area contributed by atoms with E-state index < -0.39 is 11.7 Å². The summed E-state index contributed by atoms with van der Waals surface area (Å²) in [6, 6.07) is 11.4. The zero-order chi connectivity index (χ0) is 17.6. The lowest BCUT2D eigenvalue weighted by molar-refractivity contribution is -0.125. The highest BCUT2D eigenvalue weighted by Gasteiger charge is 2.14. The van der Waals surface area contributed by atoms with Crippen molar-refractivity contribution in [3.8, 4) is 11.5 Å². The lowest BCUT2D eigenvalue weighted by Gasteiger charge is -2.08. The van der Waals surface area contributed by atoms with Crippen LogP contribution in [0.4, 0.5) is 4.39 Å². The van der Waals surface area contributed by atoms with Gasteiger partial charge in [-0.3, -0.25) is 9.59 Å². The minimum absolute atomic E-state index is 0.109. The molecule has 1 heterocycles. The molecule has 0 unspecified atom stereocenters. The molecule has 0 atom stereocenters. The lowest BCUT2D eigenvalue weighted by atomic mass is 10.1. The molecule has 130 valence electrons. The van der Waals surface area contributed by atoms with E-state index >= 15 is 0 Å². The Hall–Kier alpha value is -3.09. The van der Waals surface area contributed by atoms with E-state index in [1.165, 1.54) is 12.1 Å². The number of hydrogen-bond acceptors (Lipinski definition) is 4. The van der Waals surface area contributed by atoms with E-state index in [0.29, 0.717) is 23.6 Å². The number of halogens is 1. The third kappa shape index (κ3) is 4.47. The zero-order valence-corrected chi connectivity index (χ0v) is 13.4. The first-order chi connectivity index (χ1) is 12.1. The molecule has 1 aliphatic heterocycles. The number of benzene rings is 2. The average molecular weight is 344 g/mol. The minimum Gasteiger partial charge on any atom is -0.454 e. The predicted molar refractivity (Wildman–Crippen MR) is 87.5 cm³/mol. The van der Waals surface area contributed by atoms with Crippen LogP contribution in [0.15, 0.2) is 42.5 Å². The molecule has 0 saturated carbocycles. The summed E-state index contributed by atoms with van der Waals surface area (Å²) >= 11 is 0. The highest BCUT2D eigenvalue weighted by Crippen LogP contribution is 2.32. The molecule has 2 amide bonds. The summed E-state index contributed by atoms with van der Waals surface area (Å²) in [6.07, 6.45) is -0.109. The molecule has 2 aromatic carbocycles. The summed E-state index contributed by atoms with van der Waals surface area (Å²) in [7, 11) is 0. The number of amides is 2. The summed E-state index contributed by atoms with van der Waals surface area (Å²) < 4.78 is 24.0. The fourth-order valence-corrected chi connectivity index (χ4v) is 2.37. The monoisotopic (exact) mass is 344 g/mol. The number of carbonyl (C=O) groups is 2. The van der Waals surface area contributed by atoms with E-state index in [9.17, 15) is 14.0 Å². The quantitative estimate of drug-likeness (QED) is 0.833. The van der Waals surface area contributed by atoms with Crippen LogP contribution in [-0.2, 0) is 22.6 Å². The van der Waals surface area contributed by atoms with E-state index in [4.69, 9.17) is 9.47 Å². The Morgan fingerprint density at radius 1 is 1.00 bits per heavy atom. The molecule has 1 aliphatic rings. The SMILES string of the molecule is O=C(CNC(=O)Cc1ccccc1F)NCc1ccc2c(c1)OCO2. The summed E-state index contributed by atoms with van der Waals surface area (Å²) in [5.41, 5.74) is 1.15. The van der Waals surface area contributed by atoms with Crippen LogP contribution in [0, 0.1) is 5.82 Å². The number of nitrogens with one attached hydrogen (secondary N) is 2. The van der Waals surface area contributed by atoms with Crippen molar-refractivity contribution in [2.75, 3.05) is 13.3 Å². The maximum atomic E-state index is 13.5. The van der Waals surface area contributed by atoms with Gasteiger partial charge in [-0.25, -0.2) is 4.39 Å². The van der Waals surface area contributed by atoms with Crippen molar-refractivity contribution in [3.05, 3.63) is 59.4 Å². The van der Waals surface area contributed by atoms with E-state index in [2.05, 4.69) is 10.6 Å². The molecule has 0 radical (unpaired) electrons. The fourth-order valence-electron chi connectivity index (χ4n) is 2.37. The van der Waals surface area contributed by atoms with Gasteiger partial charge in [-0.2, -0.15) is 0 Å². The third-order valence-corrected chi connectivity index (χ3v) is 3.68. The van der Waals surface area contributed by atoms with E-state index in [1.807, 2.05) is 6.07 Å². The molecular formula is C18H17FN2O4. The van der Waals surface area contributed by atoms with Crippen LogP contribution in [0.25, 0.3) is 0 Å². The second-order valence-corrected chi connectivity index (χ2v) is 5.51. The van der Waals surface area contributed by atoms with E-state index in [1.54, 1.807) is 24.3 Å². The second kappa shape index (κ2) is 7.65. The normalized spacial score (nSPS) is 11.9. The Labute approximate surface area is 143 Å². The van der Waals surface area contributed by atoms with Gasteiger partial charge in [0, 0.05) is 6.54 Å². The zero-order valence-electron chi connectivity index (χ0n) is 13.4. The van der Waals surface area contributed by atoms with Gasteiger partial charge in [0.25, 0.3) is 0 Å². The van der Waals surface area contributed by atoms with Crippen LogP contribution in [0.1, 0.15) is 11.1 Å². The minimum atomic E-state index is -0.440. The lowest BCUT2D eigenvalue weighted by Crippen LogP contribution is -2.37. The van der Waals surface area contributed by atoms with Crippen molar-refractivity contribution in [1.29, 1.82) is 0 Å². The third-order valence-electron chi connectivity index (χ3n) is 3.68. The number of ether oxygens (including phenoxy) is 2. The predicted octanol–water partition coefficient (Wildman–Crippen LogP) is 1.53. The van der Waals surface area contributed by atoms with Crippen LogP contribution >= 0.6 is 0 Å². The number of fused-ring (bicyclic) bond motifs is 1. The standard InChI is InChI=1S/C18H17FN2O4/c19-14-4-2-1-3-13(14)8-17(22)21-10-18(23)20-9-12-5-6-15-16(7-12)25-11-24-15/h1-7H,8-11H2,(H,20,23)(H,21,22). The molecule has 2 aromatic rings. The molecule has 0 aromatic heterocycles. The number of rotatable bonds is 6. The second-order valence-electron chi connectivity index (χ2n) is 5.51. The van der Waals surface area contributed by atoms with Gasteiger partial charge in [-0.15, -0.1) is 0 Å². The molecule has 6 nitrogen and oxygen atoms in total. The van der Waals surface area contributed by atoms with Crippen LogP contribution < -0.4 is 20.1 Å². The highest BCUT2D eigenvalue weighted by molar-refractivity contribution is 5.85. The summed E-state index contributed by atoms with van der Waals surface area (Å²) in [4.78, 5) is 23.6. The Morgan fingerprint density at radius 3 is 2.64 bits per heavy atom. The maximum absolute atomic E-state index is 13.5. The van der Waals surface area contributed by atoms with Gasteiger partial charge in [0.05, 0.1) is 13.0 Å². The summed E-state index contributed by atoms with van der Waals surface area (Å²) in [5.74, 6) is 0.133. The molecule has 0 fully saturated rings. The highest BCUT2D eigenvalue weighted by atomic mass is 19.1. The molecular weight excluding hydrogens is 327 g/mol. The number of carbonyl (C=O) groups excluding carboxylic acids is 2. The molecule has 3 rings (SSSR count). The van der Waals surface area contributed by atoms with Crippen molar-refractivity contribution >= 4 is 11.8 Å². The van der Waals surface area contributed by atoms with Gasteiger partial charge < -0.3 is 20.1 Å². The Bertz CT molecular complexity index is 794. The van der Waals surface area contributed by atoms with Crippen LogP contribution in [-0.4, -0.2) is 25.2 Å². The van der Waals surface area contributed by atoms with E-state index in [0.717, 1.165) is 5.56 Å². The molecule has 7 heteroatoms. The Kier molecular flexibility index (Phi) is 5.13. The number of hydrogen-bond donors (Lipinski definition) is 2. The molecule has 0 saturated heterocycles. The molecule has 0 aliphatic carbocycles. The van der Waals surface area contributed by atoms with Gasteiger partial charge in [-0.05, 0) is 29.3 Å². The van der Waals surface area contributed by atoms with Gasteiger partial charge in [0.2, 0.25) is 18.6 Å². The molecule has 2 N–H and O–H groups in total. The average Bonchev–Trinajstić information content (AvgIpc) is 3.08. The molecule has 0 bridgehead atoms. The van der Waals surface area contributed by atoms with Gasteiger partial charge in [0.15, 0.2) is 11.5 Å². The first-order valence-electron chi connectivity index (χ1n) is 7.77.